The van der Waals surface area contributed by atoms with Gasteiger partial charge in [0.15, 0.2) is 5.82 Å². The van der Waals surface area contributed by atoms with Crippen molar-refractivity contribution in [2.75, 3.05) is 43.4 Å². The highest BCUT2D eigenvalue weighted by molar-refractivity contribution is 6.48. The maximum absolute atomic E-state index is 10.6. The number of aliphatic carboxylic acids is 1. The lowest BCUT2D eigenvalue weighted by Gasteiger charge is -2.34. The molecule has 5 rings (SSSR count). The van der Waals surface area contributed by atoms with Crippen molar-refractivity contribution in [1.29, 1.82) is 0 Å². The first-order valence-corrected chi connectivity index (χ1v) is 11.7. The molecule has 0 spiro atoms. The number of benzene rings is 2. The quantitative estimate of drug-likeness (QED) is 0.399. The molecule has 0 atom stereocenters. The maximum atomic E-state index is 10.6. The van der Waals surface area contributed by atoms with Crippen LogP contribution in [-0.4, -0.2) is 70.3 Å². The second kappa shape index (κ2) is 11.1. The van der Waals surface area contributed by atoms with Crippen LogP contribution in [0.2, 0.25) is 0 Å². The Morgan fingerprint density at radius 2 is 1.70 bits per heavy atom. The topological polar surface area (TPSA) is 97.4 Å². The average Bonchev–Trinajstić information content (AvgIpc) is 2.86. The van der Waals surface area contributed by atoms with Gasteiger partial charge in [0, 0.05) is 38.1 Å². The molecule has 2 aliphatic heterocycles. The molecule has 3 heterocycles. The van der Waals surface area contributed by atoms with Crippen molar-refractivity contribution in [3.8, 4) is 0 Å². The van der Waals surface area contributed by atoms with E-state index in [4.69, 9.17) is 26.5 Å². The zero-order valence-electron chi connectivity index (χ0n) is 19.8. The van der Waals surface area contributed by atoms with E-state index < -0.39 is 12.1 Å². The van der Waals surface area contributed by atoms with Crippen molar-refractivity contribution >= 4 is 56.0 Å². The number of carboxylic acids is 1. The molecule has 3 aromatic rings. The lowest BCUT2D eigenvalue weighted by molar-refractivity contribution is -0.192. The molecule has 1 aromatic heterocycles. The molecule has 12 heteroatoms. The summed E-state index contributed by atoms with van der Waals surface area (Å²) in [5.41, 5.74) is 2.93. The van der Waals surface area contributed by atoms with Crippen LogP contribution >= 0.6 is 11.6 Å². The second-order valence-electron chi connectivity index (χ2n) is 8.45. The SMILES string of the molecule is CN1CCN(c2ccc3cc2ccc2cccc(c2)nc2[nH]c(n3)NC=C2Cl)CC1.O=C(O)C(F)(F)F. The summed E-state index contributed by atoms with van der Waals surface area (Å²) < 4.78 is 31.7. The first kappa shape index (κ1) is 26.2. The zero-order chi connectivity index (χ0) is 26.6. The number of likely N-dealkylation sites (N-methyl/N-ethyl adjacent to an activating group) is 1. The number of aromatic nitrogens is 3. The Hall–Kier alpha value is -3.83. The van der Waals surface area contributed by atoms with Gasteiger partial charge in [-0.2, -0.15) is 13.2 Å². The Morgan fingerprint density at radius 3 is 2.41 bits per heavy atom. The van der Waals surface area contributed by atoms with Gasteiger partial charge in [0.1, 0.15) is 0 Å². The molecule has 1 fully saturated rings. The highest BCUT2D eigenvalue weighted by Crippen LogP contribution is 2.25. The minimum atomic E-state index is -5.08. The van der Waals surface area contributed by atoms with Crippen molar-refractivity contribution in [1.82, 2.24) is 19.9 Å². The first-order chi connectivity index (χ1) is 17.6. The van der Waals surface area contributed by atoms with E-state index in [0.29, 0.717) is 16.8 Å². The van der Waals surface area contributed by atoms with E-state index in [9.17, 15) is 13.2 Å². The van der Waals surface area contributed by atoms with Gasteiger partial charge in [0.25, 0.3) is 0 Å². The maximum Gasteiger partial charge on any atom is 0.490 e. The number of alkyl halides is 3. The largest absolute Gasteiger partial charge is 0.490 e. The van der Waals surface area contributed by atoms with Gasteiger partial charge in [-0.3, -0.25) is 0 Å². The van der Waals surface area contributed by atoms with Gasteiger partial charge in [0.05, 0.1) is 16.1 Å². The van der Waals surface area contributed by atoms with Crippen LogP contribution in [0.3, 0.4) is 0 Å². The number of hydrogen-bond donors (Lipinski definition) is 3. The number of nitrogens with zero attached hydrogens (tertiary/aromatic N) is 4. The molecule has 6 bridgehead atoms. The third-order valence-corrected chi connectivity index (χ3v) is 5.99. The fourth-order valence-corrected chi connectivity index (χ4v) is 3.92. The summed E-state index contributed by atoms with van der Waals surface area (Å²) in [5, 5.41) is 13.0. The van der Waals surface area contributed by atoms with Crippen LogP contribution in [0.1, 0.15) is 5.82 Å². The first-order valence-electron chi connectivity index (χ1n) is 11.3. The molecule has 2 aliphatic rings. The standard InChI is InChI=1S/C23H23ClN6.C2HF3O2/c1-29-9-11-30(12-10-29)21-8-7-19-14-17(21)6-5-16-3-2-4-18(13-16)26-22-20(24)15-25-23(27-19)28-22;3-2(4,5)1(6)7/h2-8,13-15H,9-12H2,1H3,(H2,25,26,27,28);(H,6,7). The lowest BCUT2D eigenvalue weighted by atomic mass is 10.1. The van der Waals surface area contributed by atoms with Gasteiger partial charge in [0.2, 0.25) is 5.95 Å². The fourth-order valence-electron chi connectivity index (χ4n) is 3.77. The Kier molecular flexibility index (Phi) is 7.84. The molecule has 0 saturated carbocycles. The van der Waals surface area contributed by atoms with Crippen molar-refractivity contribution < 1.29 is 23.1 Å². The van der Waals surface area contributed by atoms with Gasteiger partial charge in [-0.05, 0) is 48.2 Å². The van der Waals surface area contributed by atoms with Gasteiger partial charge < -0.3 is 25.2 Å². The molecule has 0 unspecified atom stereocenters. The number of hydrogen-bond acceptors (Lipinski definition) is 6. The van der Waals surface area contributed by atoms with E-state index in [2.05, 4.69) is 68.5 Å². The van der Waals surface area contributed by atoms with E-state index in [1.165, 1.54) is 5.69 Å². The third-order valence-electron chi connectivity index (χ3n) is 5.70. The predicted molar refractivity (Wildman–Crippen MR) is 139 cm³/mol. The van der Waals surface area contributed by atoms with E-state index in [0.717, 1.165) is 48.0 Å². The third kappa shape index (κ3) is 6.89. The molecule has 0 radical (unpaired) electrons. The van der Waals surface area contributed by atoms with Crippen LogP contribution in [0.15, 0.2) is 60.8 Å². The number of piperazine rings is 1. The number of anilines is 2. The van der Waals surface area contributed by atoms with Gasteiger partial charge in [-0.25, -0.2) is 14.8 Å². The summed E-state index contributed by atoms with van der Waals surface area (Å²) in [7, 11) is 2.17. The molecule has 0 aliphatic carbocycles. The minimum Gasteiger partial charge on any atom is -0.475 e. The molecule has 194 valence electrons. The summed E-state index contributed by atoms with van der Waals surface area (Å²) in [6.45, 7) is 4.17. The van der Waals surface area contributed by atoms with Gasteiger partial charge in [-0.15, -0.1) is 0 Å². The highest BCUT2D eigenvalue weighted by Gasteiger charge is 2.38. The Balaban J connectivity index is 0.000000405. The van der Waals surface area contributed by atoms with Crippen LogP contribution < -0.4 is 10.2 Å². The average molecular weight is 533 g/mol. The van der Waals surface area contributed by atoms with E-state index in [1.54, 1.807) is 6.20 Å². The van der Waals surface area contributed by atoms with E-state index >= 15 is 0 Å². The number of halogens is 4. The number of aromatic amines is 1. The Morgan fingerprint density at radius 1 is 1.00 bits per heavy atom. The molecule has 0 amide bonds. The van der Waals surface area contributed by atoms with Crippen molar-refractivity contribution in [2.45, 2.75) is 6.18 Å². The zero-order valence-corrected chi connectivity index (χ0v) is 20.5. The lowest BCUT2D eigenvalue weighted by Crippen LogP contribution is -2.44. The minimum absolute atomic E-state index is 0.510. The normalized spacial score (nSPS) is 15.2. The molecular formula is C25H24ClF3N6O2. The second-order valence-corrected chi connectivity index (χ2v) is 8.85. The number of carbonyl (C=O) groups is 1. The Labute approximate surface area is 215 Å². The number of rotatable bonds is 1. The number of carboxylic acid groups (broad SMARTS) is 1. The van der Waals surface area contributed by atoms with Crippen molar-refractivity contribution in [3.63, 3.8) is 0 Å². The Bertz CT molecular complexity index is 1430. The molecule has 8 nitrogen and oxygen atoms in total. The van der Waals surface area contributed by atoms with Crippen LogP contribution in [-0.2, 0) is 4.79 Å². The van der Waals surface area contributed by atoms with Crippen molar-refractivity contribution in [3.05, 3.63) is 66.6 Å². The van der Waals surface area contributed by atoms with E-state index in [-0.39, 0.29) is 0 Å². The number of H-pyrrole nitrogens is 1. The number of nitrogens with one attached hydrogen (secondary N) is 2. The number of fused-ring (bicyclic) bond motifs is 6. The fraction of sp³-hybridized carbons (Fsp3) is 0.240. The van der Waals surface area contributed by atoms with Crippen LogP contribution in [0, 0.1) is 0 Å². The molecular weight excluding hydrogens is 509 g/mol. The summed E-state index contributed by atoms with van der Waals surface area (Å²) in [6, 6.07) is 18.7. The summed E-state index contributed by atoms with van der Waals surface area (Å²) in [6.07, 6.45) is -3.38. The highest BCUT2D eigenvalue weighted by atomic mass is 35.5. The van der Waals surface area contributed by atoms with Crippen molar-refractivity contribution in [2.24, 2.45) is 0 Å². The van der Waals surface area contributed by atoms with Crippen LogP contribution in [0.5, 0.6) is 0 Å². The summed E-state index contributed by atoms with van der Waals surface area (Å²) in [5.74, 6) is -1.59. The van der Waals surface area contributed by atoms with Gasteiger partial charge in [-0.1, -0.05) is 35.9 Å². The summed E-state index contributed by atoms with van der Waals surface area (Å²) >= 11 is 6.33. The predicted octanol–water partition coefficient (Wildman–Crippen LogP) is 5.15. The van der Waals surface area contributed by atoms with Gasteiger partial charge >= 0.3 is 12.1 Å². The monoisotopic (exact) mass is 532 g/mol. The molecule has 3 N–H and O–H groups in total. The smallest absolute Gasteiger partial charge is 0.475 e. The van der Waals surface area contributed by atoms with Crippen LogP contribution in [0.4, 0.5) is 24.8 Å². The van der Waals surface area contributed by atoms with Crippen LogP contribution in [0.25, 0.3) is 26.8 Å². The molecule has 1 saturated heterocycles. The molecule has 37 heavy (non-hydrogen) atoms. The van der Waals surface area contributed by atoms with E-state index in [1.807, 2.05) is 18.2 Å². The summed E-state index contributed by atoms with van der Waals surface area (Å²) in [4.78, 5) is 26.3. The molecule has 2 aromatic carbocycles.